The van der Waals surface area contributed by atoms with Gasteiger partial charge < -0.3 is 26.8 Å². The second kappa shape index (κ2) is 14.7. The van der Waals surface area contributed by atoms with Gasteiger partial charge in [-0.1, -0.05) is 48.0 Å². The van der Waals surface area contributed by atoms with Crippen LogP contribution in [0.5, 0.6) is 34.5 Å². The van der Waals surface area contributed by atoms with E-state index in [-0.39, 0.29) is 65.4 Å². The van der Waals surface area contributed by atoms with E-state index in [9.17, 15) is 25.3 Å². The third-order valence-corrected chi connectivity index (χ3v) is 7.87. The molecular weight excluding hydrogens is 685 g/mol. The molecule has 0 heterocycles. The topological polar surface area (TPSA) is 158 Å². The van der Waals surface area contributed by atoms with Crippen molar-refractivity contribution >= 4 is 30.4 Å². The van der Waals surface area contributed by atoms with E-state index in [1.165, 1.54) is 24.3 Å². The molecule has 0 saturated heterocycles. The maximum absolute atomic E-state index is 12.7. The van der Waals surface area contributed by atoms with Gasteiger partial charge in [0.1, 0.15) is 18.1 Å². The molecular formula is C33H36O12S3. The van der Waals surface area contributed by atoms with Crippen molar-refractivity contribution in [1.29, 1.82) is 0 Å². The maximum atomic E-state index is 12.7. The highest BCUT2D eigenvalue weighted by Crippen LogP contribution is 2.52. The Morgan fingerprint density at radius 3 is 1.69 bits per heavy atom. The van der Waals surface area contributed by atoms with E-state index in [1.54, 1.807) is 38.1 Å². The molecule has 4 aromatic carbocycles. The summed E-state index contributed by atoms with van der Waals surface area (Å²) < 4.78 is 107. The highest BCUT2D eigenvalue weighted by atomic mass is 32.2. The van der Waals surface area contributed by atoms with Crippen molar-refractivity contribution in [1.82, 2.24) is 0 Å². The second-order valence-electron chi connectivity index (χ2n) is 10.6. The Labute approximate surface area is 281 Å². The van der Waals surface area contributed by atoms with Crippen molar-refractivity contribution in [2.75, 3.05) is 32.0 Å². The molecule has 0 N–H and O–H groups in total. The smallest absolute Gasteiger partial charge is 0.306 e. The van der Waals surface area contributed by atoms with E-state index < -0.39 is 30.4 Å². The summed E-state index contributed by atoms with van der Waals surface area (Å²) in [7, 11) is -12.0. The Morgan fingerprint density at radius 2 is 1.12 bits per heavy atom. The molecule has 0 aliphatic rings. The van der Waals surface area contributed by atoms with Crippen LogP contribution >= 0.6 is 0 Å². The van der Waals surface area contributed by atoms with Crippen molar-refractivity contribution < 1.29 is 52.0 Å². The van der Waals surface area contributed by atoms with Gasteiger partial charge in [0.15, 0.2) is 23.0 Å². The lowest BCUT2D eigenvalue weighted by Crippen LogP contribution is -2.11. The van der Waals surface area contributed by atoms with Gasteiger partial charge in [-0.25, -0.2) is 0 Å². The fourth-order valence-electron chi connectivity index (χ4n) is 4.61. The maximum Gasteiger partial charge on any atom is 0.306 e. The fraction of sp³-hybridized carbons (Fsp3) is 0.273. The lowest BCUT2D eigenvalue weighted by Gasteiger charge is -2.22. The van der Waals surface area contributed by atoms with Gasteiger partial charge in [-0.05, 0) is 67.8 Å². The van der Waals surface area contributed by atoms with E-state index in [0.717, 1.165) is 29.9 Å². The molecule has 0 fully saturated rings. The van der Waals surface area contributed by atoms with Gasteiger partial charge in [-0.15, -0.1) is 0 Å². The SMILES string of the molecule is CCOc1cc(-c2ccc(OS(C)(=O)=O)cc2)c(OCC)c(OS(C)(=O)=O)c1-c1ccc(OCc2ccc(C)cc2)c(OS(C)(=O)=O)c1. The van der Waals surface area contributed by atoms with Crippen LogP contribution in [0.15, 0.2) is 72.8 Å². The van der Waals surface area contributed by atoms with Crippen LogP contribution in [0, 0.1) is 6.92 Å². The molecule has 12 nitrogen and oxygen atoms in total. The van der Waals surface area contributed by atoms with Crippen molar-refractivity contribution in [3.05, 3.63) is 83.9 Å². The summed E-state index contributed by atoms with van der Waals surface area (Å²) in [5.41, 5.74) is 3.16. The molecule has 15 heteroatoms. The van der Waals surface area contributed by atoms with Crippen molar-refractivity contribution in [2.45, 2.75) is 27.4 Å². The summed E-state index contributed by atoms with van der Waals surface area (Å²) in [4.78, 5) is 0. The van der Waals surface area contributed by atoms with Crippen LogP contribution in [0.4, 0.5) is 0 Å². The van der Waals surface area contributed by atoms with E-state index in [4.69, 9.17) is 26.8 Å². The molecule has 0 aromatic heterocycles. The van der Waals surface area contributed by atoms with E-state index in [0.29, 0.717) is 11.1 Å². The monoisotopic (exact) mass is 720 g/mol. The molecule has 4 aromatic rings. The fourth-order valence-corrected chi connectivity index (χ4v) is 5.99. The Kier molecular flexibility index (Phi) is 11.2. The molecule has 258 valence electrons. The molecule has 4 rings (SSSR count). The zero-order chi connectivity index (χ0) is 35.3. The summed E-state index contributed by atoms with van der Waals surface area (Å²) in [5, 5.41) is 0. The highest BCUT2D eigenvalue weighted by Gasteiger charge is 2.28. The molecule has 0 amide bonds. The molecule has 0 bridgehead atoms. The zero-order valence-corrected chi connectivity index (χ0v) is 29.6. The molecule has 0 aliphatic heterocycles. The second-order valence-corrected chi connectivity index (χ2v) is 15.4. The summed E-state index contributed by atoms with van der Waals surface area (Å²) >= 11 is 0. The molecule has 0 unspecified atom stereocenters. The van der Waals surface area contributed by atoms with Crippen LogP contribution in [0.2, 0.25) is 0 Å². The summed E-state index contributed by atoms with van der Waals surface area (Å²) in [5.74, 6) is 0.00445. The number of hydrogen-bond donors (Lipinski definition) is 0. The van der Waals surface area contributed by atoms with Gasteiger partial charge in [0.25, 0.3) is 0 Å². The van der Waals surface area contributed by atoms with Gasteiger partial charge in [0.2, 0.25) is 0 Å². The first-order valence-electron chi connectivity index (χ1n) is 14.5. The highest BCUT2D eigenvalue weighted by molar-refractivity contribution is 7.86. The van der Waals surface area contributed by atoms with Crippen molar-refractivity contribution in [3.63, 3.8) is 0 Å². The normalized spacial score (nSPS) is 11.9. The number of rotatable bonds is 15. The van der Waals surface area contributed by atoms with Crippen molar-refractivity contribution in [3.8, 4) is 56.8 Å². The molecule has 48 heavy (non-hydrogen) atoms. The average molecular weight is 721 g/mol. The predicted molar refractivity (Wildman–Crippen MR) is 182 cm³/mol. The zero-order valence-electron chi connectivity index (χ0n) is 27.2. The van der Waals surface area contributed by atoms with Crippen LogP contribution in [-0.2, 0) is 37.0 Å². The minimum absolute atomic E-state index is 0.0310. The Balaban J connectivity index is 1.94. The largest absolute Gasteiger partial charge is 0.493 e. The minimum atomic E-state index is -4.17. The van der Waals surface area contributed by atoms with Gasteiger partial charge >= 0.3 is 30.4 Å². The number of benzene rings is 4. The first kappa shape index (κ1) is 36.4. The molecule has 0 atom stereocenters. The first-order chi connectivity index (χ1) is 22.5. The molecule has 0 aliphatic carbocycles. The van der Waals surface area contributed by atoms with Crippen molar-refractivity contribution in [2.24, 2.45) is 0 Å². The van der Waals surface area contributed by atoms with Crippen LogP contribution in [0.3, 0.4) is 0 Å². The Morgan fingerprint density at radius 1 is 0.542 bits per heavy atom. The molecule has 0 spiro atoms. The lowest BCUT2D eigenvalue weighted by molar-refractivity contribution is 0.296. The van der Waals surface area contributed by atoms with E-state index in [2.05, 4.69) is 0 Å². The predicted octanol–water partition coefficient (Wildman–Crippen LogP) is 5.72. The van der Waals surface area contributed by atoms with Gasteiger partial charge in [0, 0.05) is 5.56 Å². The standard InChI is InChI=1S/C33H36O12S3/c1-7-40-30-20-27(24-13-16-26(17-14-24)43-46(4,34)35)32(41-8-2)33(45-48(6,38)39)31(30)25-15-18-28(29(19-25)44-47(5,36)37)42-21-23-11-9-22(3)10-12-23/h9-20H,7-8,21H2,1-6H3. The Hall–Kier alpha value is -4.47. The minimum Gasteiger partial charge on any atom is -0.493 e. The van der Waals surface area contributed by atoms with Crippen LogP contribution in [0.25, 0.3) is 22.3 Å². The summed E-state index contributed by atoms with van der Waals surface area (Å²) in [6.45, 7) is 5.76. The van der Waals surface area contributed by atoms with Crippen LogP contribution in [0.1, 0.15) is 25.0 Å². The van der Waals surface area contributed by atoms with E-state index in [1.807, 2.05) is 31.2 Å². The number of aryl methyl sites for hydroxylation is 1. The van der Waals surface area contributed by atoms with Crippen LogP contribution in [-0.4, -0.2) is 57.2 Å². The first-order valence-corrected chi connectivity index (χ1v) is 20.0. The van der Waals surface area contributed by atoms with Gasteiger partial charge in [-0.3, -0.25) is 0 Å². The van der Waals surface area contributed by atoms with Gasteiger partial charge in [0.05, 0.1) is 37.5 Å². The number of ether oxygens (including phenoxy) is 3. The molecule has 0 radical (unpaired) electrons. The van der Waals surface area contributed by atoms with Crippen LogP contribution < -0.4 is 26.8 Å². The number of hydrogen-bond acceptors (Lipinski definition) is 12. The quantitative estimate of drug-likeness (QED) is 0.138. The lowest BCUT2D eigenvalue weighted by atomic mass is 9.96. The average Bonchev–Trinajstić information content (AvgIpc) is 2.97. The van der Waals surface area contributed by atoms with Gasteiger partial charge in [-0.2, -0.15) is 25.3 Å². The van der Waals surface area contributed by atoms with E-state index >= 15 is 0 Å². The third-order valence-electron chi connectivity index (χ3n) is 6.42. The Bertz CT molecular complexity index is 2090. The molecule has 0 saturated carbocycles. The third kappa shape index (κ3) is 10.0. The summed E-state index contributed by atoms with van der Waals surface area (Å²) in [6, 6.07) is 19.7. The summed E-state index contributed by atoms with van der Waals surface area (Å²) in [6.07, 6.45) is 2.68.